The molecule has 2 heterocycles. The molecule has 0 aromatic heterocycles. The molecule has 5 heteroatoms. The number of carbonyl (C=O) groups excluding carboxylic acids is 2. The Morgan fingerprint density at radius 2 is 2.00 bits per heavy atom. The minimum atomic E-state index is -0.126. The lowest BCUT2D eigenvalue weighted by atomic mass is 9.79. The molecule has 0 N–H and O–H groups in total. The number of esters is 1. The van der Waals surface area contributed by atoms with Crippen LogP contribution in [0.15, 0.2) is 0 Å². The maximum atomic E-state index is 12.2. The molecule has 3 aliphatic rings. The van der Waals surface area contributed by atoms with Crippen molar-refractivity contribution >= 4 is 11.9 Å². The van der Waals surface area contributed by atoms with Crippen LogP contribution in [-0.4, -0.2) is 61.0 Å². The van der Waals surface area contributed by atoms with E-state index < -0.39 is 0 Å². The van der Waals surface area contributed by atoms with E-state index in [4.69, 9.17) is 4.74 Å². The van der Waals surface area contributed by atoms with Crippen LogP contribution in [0, 0.1) is 11.3 Å². The van der Waals surface area contributed by atoms with Gasteiger partial charge in [-0.05, 0) is 45.6 Å². The molecule has 5 nitrogen and oxygen atoms in total. The minimum Gasteiger partial charge on any atom is -0.465 e. The van der Waals surface area contributed by atoms with E-state index in [0.717, 1.165) is 51.9 Å². The van der Waals surface area contributed by atoms with Crippen molar-refractivity contribution in [2.75, 3.05) is 39.3 Å². The molecule has 21 heavy (non-hydrogen) atoms. The second-order valence-corrected chi connectivity index (χ2v) is 6.90. The summed E-state index contributed by atoms with van der Waals surface area (Å²) in [5, 5.41) is 0. The molecular weight excluding hydrogens is 268 g/mol. The van der Waals surface area contributed by atoms with Crippen molar-refractivity contribution in [1.29, 1.82) is 0 Å². The number of hydrogen-bond acceptors (Lipinski definition) is 4. The van der Waals surface area contributed by atoms with Gasteiger partial charge in [-0.2, -0.15) is 0 Å². The molecular formula is C16H26N2O3. The molecule has 0 aromatic rings. The molecule has 3 fully saturated rings. The third kappa shape index (κ3) is 3.39. The molecule has 1 unspecified atom stereocenters. The zero-order chi connectivity index (χ0) is 14.9. The van der Waals surface area contributed by atoms with E-state index in [2.05, 4.69) is 9.80 Å². The Morgan fingerprint density at radius 3 is 2.71 bits per heavy atom. The number of nitrogens with zero attached hydrogens (tertiary/aromatic N) is 2. The van der Waals surface area contributed by atoms with Crippen molar-refractivity contribution in [3.63, 3.8) is 0 Å². The molecule has 3 rings (SSSR count). The molecule has 2 saturated heterocycles. The Balaban J connectivity index is 1.55. The molecule has 1 saturated carbocycles. The number of carbonyl (C=O) groups is 2. The van der Waals surface area contributed by atoms with Crippen LogP contribution in [0.25, 0.3) is 0 Å². The topological polar surface area (TPSA) is 49.9 Å². The average molecular weight is 294 g/mol. The second kappa shape index (κ2) is 5.95. The van der Waals surface area contributed by atoms with Gasteiger partial charge in [-0.3, -0.25) is 14.5 Å². The first-order valence-electron chi connectivity index (χ1n) is 8.29. The Bertz CT molecular complexity index is 422. The zero-order valence-corrected chi connectivity index (χ0v) is 13.0. The van der Waals surface area contributed by atoms with Gasteiger partial charge in [0.1, 0.15) is 0 Å². The SMILES string of the molecule is CCOC(=O)CN1CCCC2(CCN(C(=O)C3CC3)C2)C1. The van der Waals surface area contributed by atoms with Crippen LogP contribution in [-0.2, 0) is 14.3 Å². The summed E-state index contributed by atoms with van der Waals surface area (Å²) in [6.45, 7) is 6.38. The first kappa shape index (κ1) is 14.8. The van der Waals surface area contributed by atoms with E-state index >= 15 is 0 Å². The summed E-state index contributed by atoms with van der Waals surface area (Å²) in [5.74, 6) is 0.562. The van der Waals surface area contributed by atoms with Gasteiger partial charge in [0.25, 0.3) is 0 Å². The number of hydrogen-bond donors (Lipinski definition) is 0. The normalized spacial score (nSPS) is 29.9. The van der Waals surface area contributed by atoms with E-state index in [1.54, 1.807) is 0 Å². The standard InChI is InChI=1S/C16H26N2O3/c1-2-21-14(19)10-17-8-3-6-16(11-17)7-9-18(12-16)15(20)13-4-5-13/h13H,2-12H2,1H3. The van der Waals surface area contributed by atoms with Crippen LogP contribution < -0.4 is 0 Å². The molecule has 118 valence electrons. The molecule has 1 aliphatic carbocycles. The van der Waals surface area contributed by atoms with Crippen LogP contribution in [0.2, 0.25) is 0 Å². The molecule has 1 atom stereocenters. The second-order valence-electron chi connectivity index (χ2n) is 6.90. The maximum Gasteiger partial charge on any atom is 0.320 e. The van der Waals surface area contributed by atoms with Crippen molar-refractivity contribution in [3.8, 4) is 0 Å². The summed E-state index contributed by atoms with van der Waals surface area (Å²) in [6.07, 6.45) is 5.55. The molecule has 1 amide bonds. The molecule has 0 bridgehead atoms. The molecule has 0 radical (unpaired) electrons. The summed E-state index contributed by atoms with van der Waals surface area (Å²) in [5.41, 5.74) is 0.218. The van der Waals surface area contributed by atoms with Crippen LogP contribution in [0.1, 0.15) is 39.0 Å². The fourth-order valence-electron chi connectivity index (χ4n) is 3.88. The van der Waals surface area contributed by atoms with Crippen molar-refractivity contribution in [3.05, 3.63) is 0 Å². The van der Waals surface area contributed by atoms with Crippen molar-refractivity contribution in [1.82, 2.24) is 9.80 Å². The lowest BCUT2D eigenvalue weighted by Crippen LogP contribution is -2.47. The maximum absolute atomic E-state index is 12.2. The Kier molecular flexibility index (Phi) is 4.20. The fourth-order valence-corrected chi connectivity index (χ4v) is 3.88. The Hall–Kier alpha value is -1.10. The third-order valence-corrected chi connectivity index (χ3v) is 5.08. The fraction of sp³-hybridized carbons (Fsp3) is 0.875. The molecule has 2 aliphatic heterocycles. The smallest absolute Gasteiger partial charge is 0.320 e. The first-order chi connectivity index (χ1) is 10.1. The number of ether oxygens (including phenoxy) is 1. The van der Waals surface area contributed by atoms with Gasteiger partial charge < -0.3 is 9.64 Å². The minimum absolute atomic E-state index is 0.126. The van der Waals surface area contributed by atoms with Gasteiger partial charge in [-0.15, -0.1) is 0 Å². The average Bonchev–Trinajstić information content (AvgIpc) is 3.22. The quantitative estimate of drug-likeness (QED) is 0.733. The van der Waals surface area contributed by atoms with Gasteiger partial charge in [0.2, 0.25) is 5.91 Å². The highest BCUT2D eigenvalue weighted by Gasteiger charge is 2.45. The molecule has 1 spiro atoms. The Morgan fingerprint density at radius 1 is 1.19 bits per heavy atom. The van der Waals surface area contributed by atoms with E-state index in [1.165, 1.54) is 6.42 Å². The van der Waals surface area contributed by atoms with Crippen molar-refractivity contribution in [2.24, 2.45) is 11.3 Å². The van der Waals surface area contributed by atoms with E-state index in [0.29, 0.717) is 25.0 Å². The van der Waals surface area contributed by atoms with E-state index in [1.807, 2.05) is 6.92 Å². The first-order valence-corrected chi connectivity index (χ1v) is 8.29. The lowest BCUT2D eigenvalue weighted by molar-refractivity contribution is -0.145. The van der Waals surface area contributed by atoms with Crippen molar-refractivity contribution in [2.45, 2.75) is 39.0 Å². The monoisotopic (exact) mass is 294 g/mol. The predicted molar refractivity (Wildman–Crippen MR) is 78.7 cm³/mol. The predicted octanol–water partition coefficient (Wildman–Crippen LogP) is 1.27. The van der Waals surface area contributed by atoms with Gasteiger partial charge in [0, 0.05) is 31.0 Å². The van der Waals surface area contributed by atoms with Gasteiger partial charge >= 0.3 is 5.97 Å². The van der Waals surface area contributed by atoms with Gasteiger partial charge in [-0.25, -0.2) is 0 Å². The highest BCUT2D eigenvalue weighted by Crippen LogP contribution is 2.41. The van der Waals surface area contributed by atoms with Crippen LogP contribution in [0.5, 0.6) is 0 Å². The summed E-state index contributed by atoms with van der Waals surface area (Å²) in [6, 6.07) is 0. The number of rotatable bonds is 4. The number of amides is 1. The number of likely N-dealkylation sites (tertiary alicyclic amines) is 2. The van der Waals surface area contributed by atoms with Gasteiger partial charge in [0.15, 0.2) is 0 Å². The third-order valence-electron chi connectivity index (χ3n) is 5.08. The number of piperidine rings is 1. The van der Waals surface area contributed by atoms with E-state index in [9.17, 15) is 9.59 Å². The highest BCUT2D eigenvalue weighted by atomic mass is 16.5. The summed E-state index contributed by atoms with van der Waals surface area (Å²) in [4.78, 5) is 28.2. The largest absolute Gasteiger partial charge is 0.465 e. The van der Waals surface area contributed by atoms with Crippen molar-refractivity contribution < 1.29 is 14.3 Å². The molecule has 0 aromatic carbocycles. The Labute approximate surface area is 126 Å². The zero-order valence-electron chi connectivity index (χ0n) is 13.0. The van der Waals surface area contributed by atoms with Gasteiger partial charge in [0.05, 0.1) is 13.2 Å². The van der Waals surface area contributed by atoms with E-state index in [-0.39, 0.29) is 11.4 Å². The summed E-state index contributed by atoms with van der Waals surface area (Å²) < 4.78 is 5.05. The van der Waals surface area contributed by atoms with Crippen LogP contribution in [0.4, 0.5) is 0 Å². The highest BCUT2D eigenvalue weighted by molar-refractivity contribution is 5.81. The van der Waals surface area contributed by atoms with Crippen LogP contribution >= 0.6 is 0 Å². The van der Waals surface area contributed by atoms with Crippen LogP contribution in [0.3, 0.4) is 0 Å². The summed E-state index contributed by atoms with van der Waals surface area (Å²) >= 11 is 0. The summed E-state index contributed by atoms with van der Waals surface area (Å²) in [7, 11) is 0. The van der Waals surface area contributed by atoms with Gasteiger partial charge in [-0.1, -0.05) is 0 Å². The lowest BCUT2D eigenvalue weighted by Gasteiger charge is -2.39.